The van der Waals surface area contributed by atoms with E-state index in [0.29, 0.717) is 13.2 Å². The Morgan fingerprint density at radius 1 is 1.03 bits per heavy atom. The van der Waals surface area contributed by atoms with Crippen molar-refractivity contribution in [1.29, 1.82) is 0 Å². The highest BCUT2D eigenvalue weighted by Crippen LogP contribution is 2.36. The molecule has 2 aromatic carbocycles. The third-order valence-corrected chi connectivity index (χ3v) is 6.27. The third-order valence-electron chi connectivity index (χ3n) is 6.27. The van der Waals surface area contributed by atoms with Gasteiger partial charge in [-0.15, -0.1) is 0 Å². The van der Waals surface area contributed by atoms with Crippen molar-refractivity contribution in [2.75, 3.05) is 26.2 Å². The van der Waals surface area contributed by atoms with E-state index in [2.05, 4.69) is 29.6 Å². The van der Waals surface area contributed by atoms with Crippen LogP contribution in [0.2, 0.25) is 0 Å². The number of benzene rings is 2. The largest absolute Gasteiger partial charge is 0.375 e. The number of urea groups is 1. The van der Waals surface area contributed by atoms with Crippen LogP contribution in [0.4, 0.5) is 4.79 Å². The van der Waals surface area contributed by atoms with Crippen molar-refractivity contribution >= 4 is 6.03 Å². The molecule has 0 bridgehead atoms. The van der Waals surface area contributed by atoms with Crippen molar-refractivity contribution in [2.45, 2.75) is 50.4 Å². The van der Waals surface area contributed by atoms with E-state index in [0.717, 1.165) is 51.8 Å². The van der Waals surface area contributed by atoms with E-state index >= 15 is 0 Å². The summed E-state index contributed by atoms with van der Waals surface area (Å²) < 4.78 is 12.4. The molecule has 0 saturated carbocycles. The maximum atomic E-state index is 12.5. The van der Waals surface area contributed by atoms with Gasteiger partial charge in [-0.3, -0.25) is 0 Å². The van der Waals surface area contributed by atoms with Crippen LogP contribution < -0.4 is 5.32 Å². The molecule has 1 unspecified atom stereocenters. The van der Waals surface area contributed by atoms with Crippen LogP contribution in [0.1, 0.15) is 36.8 Å². The minimum atomic E-state index is -0.138. The van der Waals surface area contributed by atoms with Crippen LogP contribution in [-0.2, 0) is 22.5 Å². The predicted molar refractivity (Wildman–Crippen MR) is 117 cm³/mol. The first-order chi connectivity index (χ1) is 14.7. The fourth-order valence-corrected chi connectivity index (χ4v) is 4.45. The number of nitrogens with one attached hydrogen (secondary N) is 1. The van der Waals surface area contributed by atoms with Crippen molar-refractivity contribution in [3.8, 4) is 0 Å². The summed E-state index contributed by atoms with van der Waals surface area (Å²) in [4.78, 5) is 14.5. The summed E-state index contributed by atoms with van der Waals surface area (Å²) >= 11 is 0. The molecule has 30 heavy (non-hydrogen) atoms. The van der Waals surface area contributed by atoms with Gasteiger partial charge >= 0.3 is 6.03 Å². The van der Waals surface area contributed by atoms with Crippen molar-refractivity contribution in [1.82, 2.24) is 10.2 Å². The molecule has 5 heteroatoms. The summed E-state index contributed by atoms with van der Waals surface area (Å²) in [5.74, 6) is 0. The van der Waals surface area contributed by atoms with Crippen LogP contribution >= 0.6 is 0 Å². The first kappa shape index (κ1) is 20.9. The minimum Gasteiger partial charge on any atom is -0.375 e. The van der Waals surface area contributed by atoms with E-state index in [1.165, 1.54) is 11.1 Å². The molecule has 0 radical (unpaired) electrons. The Balaban J connectivity index is 1.20. The number of amides is 2. The van der Waals surface area contributed by atoms with E-state index in [4.69, 9.17) is 9.47 Å². The molecular weight excluding hydrogens is 376 g/mol. The Morgan fingerprint density at radius 2 is 1.70 bits per heavy atom. The number of likely N-dealkylation sites (tertiary alicyclic amines) is 1. The maximum absolute atomic E-state index is 12.5. The zero-order valence-electron chi connectivity index (χ0n) is 17.6. The topological polar surface area (TPSA) is 50.8 Å². The molecule has 160 valence electrons. The molecule has 2 aliphatic rings. The summed E-state index contributed by atoms with van der Waals surface area (Å²) in [6, 6.07) is 20.6. The normalized spacial score (nSPS) is 20.8. The molecule has 2 aliphatic heterocycles. The Morgan fingerprint density at radius 3 is 2.40 bits per heavy atom. The average molecular weight is 409 g/mol. The van der Waals surface area contributed by atoms with Gasteiger partial charge in [0.25, 0.3) is 0 Å². The number of carbonyl (C=O) groups excluding carboxylic acids is 1. The van der Waals surface area contributed by atoms with Gasteiger partial charge in [-0.25, -0.2) is 4.79 Å². The van der Waals surface area contributed by atoms with Crippen LogP contribution in [0.5, 0.6) is 0 Å². The van der Waals surface area contributed by atoms with Crippen LogP contribution in [-0.4, -0.2) is 48.9 Å². The highest BCUT2D eigenvalue weighted by Gasteiger charge is 2.41. The Bertz CT molecular complexity index is 789. The molecule has 0 aromatic heterocycles. The second kappa shape index (κ2) is 10.1. The first-order valence-electron chi connectivity index (χ1n) is 11.1. The van der Waals surface area contributed by atoms with E-state index in [1.54, 1.807) is 0 Å². The van der Waals surface area contributed by atoms with Gasteiger partial charge in [-0.1, -0.05) is 60.7 Å². The molecule has 2 saturated heterocycles. The zero-order chi connectivity index (χ0) is 20.7. The minimum absolute atomic E-state index is 0.0356. The lowest BCUT2D eigenvalue weighted by atomic mass is 9.83. The summed E-state index contributed by atoms with van der Waals surface area (Å²) in [5, 5.41) is 3.06. The smallest absolute Gasteiger partial charge is 0.317 e. The second-order valence-corrected chi connectivity index (χ2v) is 8.40. The van der Waals surface area contributed by atoms with Gasteiger partial charge in [0.05, 0.1) is 18.3 Å². The number of nitrogens with zero attached hydrogens (tertiary/aromatic N) is 1. The number of piperidine rings is 1. The van der Waals surface area contributed by atoms with Gasteiger partial charge in [-0.2, -0.15) is 0 Å². The van der Waals surface area contributed by atoms with Gasteiger partial charge in [0.15, 0.2) is 0 Å². The lowest BCUT2D eigenvalue weighted by Crippen LogP contribution is -2.53. The lowest BCUT2D eigenvalue weighted by Gasteiger charge is -2.46. The van der Waals surface area contributed by atoms with Crippen LogP contribution in [0.3, 0.4) is 0 Å². The Hall–Kier alpha value is -2.37. The molecule has 1 N–H and O–H groups in total. The van der Waals surface area contributed by atoms with Crippen LogP contribution in [0.15, 0.2) is 60.7 Å². The second-order valence-electron chi connectivity index (χ2n) is 8.40. The molecule has 2 amide bonds. The monoisotopic (exact) mass is 408 g/mol. The molecule has 4 rings (SSSR count). The number of ether oxygens (including phenoxy) is 2. The van der Waals surface area contributed by atoms with Gasteiger partial charge in [0.1, 0.15) is 0 Å². The lowest BCUT2D eigenvalue weighted by molar-refractivity contribution is -0.154. The van der Waals surface area contributed by atoms with Crippen molar-refractivity contribution in [3.05, 3.63) is 71.8 Å². The molecule has 2 fully saturated rings. The van der Waals surface area contributed by atoms with Gasteiger partial charge in [-0.05, 0) is 36.8 Å². The highest BCUT2D eigenvalue weighted by molar-refractivity contribution is 5.74. The summed E-state index contributed by atoms with van der Waals surface area (Å²) in [6.45, 7) is 3.53. The quantitative estimate of drug-likeness (QED) is 0.781. The maximum Gasteiger partial charge on any atom is 0.317 e. The fourth-order valence-electron chi connectivity index (χ4n) is 4.45. The van der Waals surface area contributed by atoms with E-state index in [9.17, 15) is 4.79 Å². The van der Waals surface area contributed by atoms with E-state index in [1.807, 2.05) is 41.3 Å². The number of rotatable bonds is 6. The molecule has 2 heterocycles. The van der Waals surface area contributed by atoms with Gasteiger partial charge in [0, 0.05) is 32.7 Å². The van der Waals surface area contributed by atoms with Crippen molar-refractivity contribution in [3.63, 3.8) is 0 Å². The molecule has 1 atom stereocenters. The number of hydrogen-bond acceptors (Lipinski definition) is 3. The Labute approximate surface area is 179 Å². The van der Waals surface area contributed by atoms with E-state index in [-0.39, 0.29) is 17.7 Å². The number of hydrogen-bond donors (Lipinski definition) is 1. The Kier molecular flexibility index (Phi) is 7.03. The first-order valence-corrected chi connectivity index (χ1v) is 11.1. The molecule has 0 aliphatic carbocycles. The molecule has 1 spiro atoms. The number of carbonyl (C=O) groups is 1. The van der Waals surface area contributed by atoms with Crippen molar-refractivity contribution < 1.29 is 14.3 Å². The summed E-state index contributed by atoms with van der Waals surface area (Å²) in [7, 11) is 0. The van der Waals surface area contributed by atoms with Gasteiger partial charge in [0.2, 0.25) is 0 Å². The van der Waals surface area contributed by atoms with Crippen LogP contribution in [0.25, 0.3) is 0 Å². The molecular formula is C25H32N2O3. The third kappa shape index (κ3) is 5.61. The van der Waals surface area contributed by atoms with Crippen LogP contribution in [0, 0.1) is 0 Å². The zero-order valence-corrected chi connectivity index (χ0v) is 17.6. The molecule has 2 aromatic rings. The fraction of sp³-hybridized carbons (Fsp3) is 0.480. The highest BCUT2D eigenvalue weighted by atomic mass is 16.5. The standard InChI is InChI=1S/C25H32N2O3/c28-24(26-15-11-21-7-3-1-4-8-21)27-16-13-25(14-17-27)19-23(12-18-30-25)29-20-22-9-5-2-6-10-22/h1-10,23H,11-20H2,(H,26,28). The summed E-state index contributed by atoms with van der Waals surface area (Å²) in [5.41, 5.74) is 2.31. The van der Waals surface area contributed by atoms with E-state index < -0.39 is 0 Å². The van der Waals surface area contributed by atoms with Crippen molar-refractivity contribution in [2.24, 2.45) is 0 Å². The summed E-state index contributed by atoms with van der Waals surface area (Å²) in [6.07, 6.45) is 4.70. The van der Waals surface area contributed by atoms with Gasteiger partial charge < -0.3 is 19.7 Å². The predicted octanol–water partition coefficient (Wildman–Crippen LogP) is 4.17. The average Bonchev–Trinajstić information content (AvgIpc) is 2.80. The molecule has 5 nitrogen and oxygen atoms in total. The SMILES string of the molecule is O=C(NCCc1ccccc1)N1CCC2(CC1)CC(OCc1ccccc1)CCO2.